The summed E-state index contributed by atoms with van der Waals surface area (Å²) in [5.74, 6) is -0.167. The first-order valence-corrected chi connectivity index (χ1v) is 9.78. The Labute approximate surface area is 171 Å². The summed E-state index contributed by atoms with van der Waals surface area (Å²) in [4.78, 5) is 35.1. The Morgan fingerprint density at radius 3 is 2.52 bits per heavy atom. The van der Waals surface area contributed by atoms with Gasteiger partial charge in [0.05, 0.1) is 13.2 Å². The summed E-state index contributed by atoms with van der Waals surface area (Å²) in [7, 11) is 0. The molecule has 29 heavy (non-hydrogen) atoms. The molecule has 0 aromatic heterocycles. The zero-order chi connectivity index (χ0) is 21.6. The molecule has 0 fully saturated rings. The molecule has 1 rings (SSSR count). The van der Waals surface area contributed by atoms with Crippen molar-refractivity contribution in [2.45, 2.75) is 46.6 Å². The molecule has 0 aliphatic heterocycles. The Kier molecular flexibility index (Phi) is 10.9. The van der Waals surface area contributed by atoms with E-state index in [1.807, 2.05) is 6.92 Å². The highest BCUT2D eigenvalue weighted by molar-refractivity contribution is 5.98. The van der Waals surface area contributed by atoms with E-state index in [1.54, 1.807) is 31.2 Å². The van der Waals surface area contributed by atoms with Gasteiger partial charge in [-0.05, 0) is 51.0 Å². The van der Waals surface area contributed by atoms with Crippen molar-refractivity contribution in [3.8, 4) is 11.5 Å². The standard InChI is InChI=1S/C21H30N2O6/c1-5-8-13-28-17-11-9-16(14-18(17)27-7-3)10-12-19(24)29-15(4)20(25)23-21(26)22-6-2/h9-12,14-15H,5-8,13H2,1-4H3,(H2,22,23,25,26). The first-order chi connectivity index (χ1) is 13.9. The molecule has 8 heteroatoms. The number of benzene rings is 1. The summed E-state index contributed by atoms with van der Waals surface area (Å²) in [5.41, 5.74) is 0.715. The first-order valence-electron chi connectivity index (χ1n) is 9.78. The molecule has 0 saturated heterocycles. The lowest BCUT2D eigenvalue weighted by Crippen LogP contribution is -2.44. The van der Waals surface area contributed by atoms with Gasteiger partial charge in [-0.3, -0.25) is 10.1 Å². The monoisotopic (exact) mass is 406 g/mol. The normalized spacial score (nSPS) is 11.6. The highest BCUT2D eigenvalue weighted by Gasteiger charge is 2.18. The molecule has 3 amide bonds. The smallest absolute Gasteiger partial charge is 0.331 e. The lowest BCUT2D eigenvalue weighted by atomic mass is 10.2. The van der Waals surface area contributed by atoms with Crippen molar-refractivity contribution >= 4 is 24.0 Å². The summed E-state index contributed by atoms with van der Waals surface area (Å²) < 4.78 is 16.3. The van der Waals surface area contributed by atoms with Crippen molar-refractivity contribution in [2.75, 3.05) is 19.8 Å². The largest absolute Gasteiger partial charge is 0.490 e. The van der Waals surface area contributed by atoms with Gasteiger partial charge in [-0.25, -0.2) is 9.59 Å². The maximum atomic E-state index is 11.9. The number of ether oxygens (including phenoxy) is 3. The van der Waals surface area contributed by atoms with Crippen LogP contribution in [0.3, 0.4) is 0 Å². The zero-order valence-corrected chi connectivity index (χ0v) is 17.4. The fourth-order valence-electron chi connectivity index (χ4n) is 2.19. The number of nitrogens with one attached hydrogen (secondary N) is 2. The summed E-state index contributed by atoms with van der Waals surface area (Å²) in [6.45, 7) is 8.54. The second kappa shape index (κ2) is 13.2. The number of amides is 3. The third-order valence-corrected chi connectivity index (χ3v) is 3.67. The lowest BCUT2D eigenvalue weighted by Gasteiger charge is -2.13. The molecule has 0 heterocycles. The third kappa shape index (κ3) is 9.14. The van der Waals surface area contributed by atoms with Crippen LogP contribution in [0.15, 0.2) is 24.3 Å². The van der Waals surface area contributed by atoms with Crippen molar-refractivity contribution in [3.05, 3.63) is 29.8 Å². The number of carbonyl (C=O) groups is 3. The second-order valence-corrected chi connectivity index (χ2v) is 6.10. The summed E-state index contributed by atoms with van der Waals surface area (Å²) >= 11 is 0. The Hall–Kier alpha value is -3.03. The molecule has 0 aliphatic carbocycles. The van der Waals surface area contributed by atoms with E-state index in [1.165, 1.54) is 13.0 Å². The highest BCUT2D eigenvalue weighted by atomic mass is 16.5. The van der Waals surface area contributed by atoms with Crippen LogP contribution in [0.5, 0.6) is 11.5 Å². The molecule has 160 valence electrons. The van der Waals surface area contributed by atoms with Gasteiger partial charge in [0.2, 0.25) is 0 Å². The van der Waals surface area contributed by atoms with Crippen LogP contribution in [0, 0.1) is 0 Å². The van der Waals surface area contributed by atoms with E-state index < -0.39 is 24.0 Å². The van der Waals surface area contributed by atoms with Crippen LogP contribution >= 0.6 is 0 Å². The molecule has 0 aliphatic rings. The minimum absolute atomic E-state index is 0.377. The number of carbonyl (C=O) groups excluding carboxylic acids is 3. The maximum Gasteiger partial charge on any atom is 0.331 e. The first kappa shape index (κ1) is 24.0. The number of unbranched alkanes of at least 4 members (excludes halogenated alkanes) is 1. The van der Waals surface area contributed by atoms with E-state index in [9.17, 15) is 14.4 Å². The van der Waals surface area contributed by atoms with E-state index in [0.717, 1.165) is 12.8 Å². The molecule has 8 nitrogen and oxygen atoms in total. The molecule has 2 N–H and O–H groups in total. The molecule has 1 unspecified atom stereocenters. The van der Waals surface area contributed by atoms with Gasteiger partial charge in [0.15, 0.2) is 17.6 Å². The Morgan fingerprint density at radius 1 is 1.10 bits per heavy atom. The molecule has 0 saturated carbocycles. The van der Waals surface area contributed by atoms with Gasteiger partial charge >= 0.3 is 12.0 Å². The third-order valence-electron chi connectivity index (χ3n) is 3.67. The number of imide groups is 1. The zero-order valence-electron chi connectivity index (χ0n) is 17.4. The topological polar surface area (TPSA) is 103 Å². The maximum absolute atomic E-state index is 11.9. The molecule has 1 aromatic rings. The Bertz CT molecular complexity index is 717. The van der Waals surface area contributed by atoms with E-state index in [0.29, 0.717) is 36.8 Å². The van der Waals surface area contributed by atoms with Gasteiger partial charge in [-0.15, -0.1) is 0 Å². The predicted octanol–water partition coefficient (Wildman–Crippen LogP) is 3.05. The van der Waals surface area contributed by atoms with E-state index in [-0.39, 0.29) is 0 Å². The van der Waals surface area contributed by atoms with Gasteiger partial charge in [0.25, 0.3) is 5.91 Å². The minimum atomic E-state index is -1.11. The van der Waals surface area contributed by atoms with Crippen molar-refractivity contribution < 1.29 is 28.6 Å². The van der Waals surface area contributed by atoms with Gasteiger partial charge < -0.3 is 19.5 Å². The Morgan fingerprint density at radius 2 is 1.86 bits per heavy atom. The van der Waals surface area contributed by atoms with Crippen LogP contribution in [-0.2, 0) is 14.3 Å². The van der Waals surface area contributed by atoms with Crippen molar-refractivity contribution in [1.82, 2.24) is 10.6 Å². The number of hydrogen-bond acceptors (Lipinski definition) is 6. The summed E-state index contributed by atoms with van der Waals surface area (Å²) in [6, 6.07) is 4.70. The van der Waals surface area contributed by atoms with Crippen LogP contribution in [0.25, 0.3) is 6.08 Å². The van der Waals surface area contributed by atoms with E-state index >= 15 is 0 Å². The predicted molar refractivity (Wildman–Crippen MR) is 110 cm³/mol. The fraction of sp³-hybridized carbons (Fsp3) is 0.476. The Balaban J connectivity index is 2.68. The number of urea groups is 1. The number of hydrogen-bond donors (Lipinski definition) is 2. The summed E-state index contributed by atoms with van der Waals surface area (Å²) in [6.07, 6.45) is 3.63. The van der Waals surface area contributed by atoms with Crippen molar-refractivity contribution in [1.29, 1.82) is 0 Å². The summed E-state index contributed by atoms with van der Waals surface area (Å²) in [5, 5.41) is 4.51. The molecule has 1 aromatic carbocycles. The van der Waals surface area contributed by atoms with Crippen LogP contribution in [0.2, 0.25) is 0 Å². The van der Waals surface area contributed by atoms with Crippen LogP contribution in [-0.4, -0.2) is 43.8 Å². The van der Waals surface area contributed by atoms with Crippen LogP contribution in [0.4, 0.5) is 4.79 Å². The molecule has 1 atom stereocenters. The van der Waals surface area contributed by atoms with Gasteiger partial charge in [-0.2, -0.15) is 0 Å². The van der Waals surface area contributed by atoms with Crippen LogP contribution < -0.4 is 20.1 Å². The average Bonchev–Trinajstić information content (AvgIpc) is 2.68. The molecule has 0 radical (unpaired) electrons. The minimum Gasteiger partial charge on any atom is -0.490 e. The molecule has 0 spiro atoms. The van der Waals surface area contributed by atoms with Crippen molar-refractivity contribution in [3.63, 3.8) is 0 Å². The molecular formula is C21H30N2O6. The van der Waals surface area contributed by atoms with Gasteiger partial charge in [0.1, 0.15) is 0 Å². The van der Waals surface area contributed by atoms with Crippen LogP contribution in [0.1, 0.15) is 46.1 Å². The highest BCUT2D eigenvalue weighted by Crippen LogP contribution is 2.29. The fourth-order valence-corrected chi connectivity index (χ4v) is 2.19. The number of esters is 1. The second-order valence-electron chi connectivity index (χ2n) is 6.10. The van der Waals surface area contributed by atoms with E-state index in [4.69, 9.17) is 14.2 Å². The van der Waals surface area contributed by atoms with Crippen molar-refractivity contribution in [2.24, 2.45) is 0 Å². The SMILES string of the molecule is CCCCOc1ccc(C=CC(=O)OC(C)C(=O)NC(=O)NCC)cc1OCC. The van der Waals surface area contributed by atoms with Gasteiger partial charge in [-0.1, -0.05) is 19.4 Å². The number of rotatable bonds is 11. The quantitative estimate of drug-likeness (QED) is 0.333. The van der Waals surface area contributed by atoms with Gasteiger partial charge in [0, 0.05) is 12.6 Å². The molecule has 0 bridgehead atoms. The van der Waals surface area contributed by atoms with E-state index in [2.05, 4.69) is 17.6 Å². The average molecular weight is 406 g/mol. The molecular weight excluding hydrogens is 376 g/mol. The lowest BCUT2D eigenvalue weighted by molar-refractivity contribution is -0.149.